The van der Waals surface area contributed by atoms with Gasteiger partial charge in [-0.1, -0.05) is 42.3 Å². The second-order valence-corrected chi connectivity index (χ2v) is 7.27. The highest BCUT2D eigenvalue weighted by Gasteiger charge is 2.16. The summed E-state index contributed by atoms with van der Waals surface area (Å²) in [5.74, 6) is 1.26. The fourth-order valence-electron chi connectivity index (χ4n) is 2.15. The molecule has 0 atom stereocenters. The number of carbonyl (C=O) groups is 2. The van der Waals surface area contributed by atoms with Crippen LogP contribution in [0, 0.1) is 12.3 Å². The maximum absolute atomic E-state index is 12.2. The average molecular weight is 385 g/mol. The highest BCUT2D eigenvalue weighted by atomic mass is 32.2. The van der Waals surface area contributed by atoms with E-state index < -0.39 is 15.9 Å². The number of rotatable bonds is 8. The topological polar surface area (TPSA) is 104 Å². The third-order valence-electron chi connectivity index (χ3n) is 3.51. The van der Waals surface area contributed by atoms with E-state index in [2.05, 4.69) is 21.3 Å². The van der Waals surface area contributed by atoms with Crippen molar-refractivity contribution in [3.05, 3.63) is 65.7 Å². The molecule has 0 saturated carbocycles. The van der Waals surface area contributed by atoms with Crippen LogP contribution >= 0.6 is 0 Å². The minimum Gasteiger partial charge on any atom is -0.350 e. The van der Waals surface area contributed by atoms with Gasteiger partial charge in [-0.15, -0.1) is 6.42 Å². The van der Waals surface area contributed by atoms with Gasteiger partial charge in [0.05, 0.1) is 18.0 Å². The lowest BCUT2D eigenvalue weighted by Crippen LogP contribution is -2.36. The number of hydrogen-bond donors (Lipinski definition) is 3. The second-order valence-electron chi connectivity index (χ2n) is 5.50. The van der Waals surface area contributed by atoms with E-state index in [0.717, 1.165) is 5.56 Å². The van der Waals surface area contributed by atoms with Gasteiger partial charge in [0.15, 0.2) is 0 Å². The van der Waals surface area contributed by atoms with Crippen molar-refractivity contribution in [3.63, 3.8) is 0 Å². The smallest absolute Gasteiger partial charge is 0.251 e. The van der Waals surface area contributed by atoms with Gasteiger partial charge in [0.25, 0.3) is 5.91 Å². The summed E-state index contributed by atoms with van der Waals surface area (Å²) in [4.78, 5) is 23.9. The van der Waals surface area contributed by atoms with Crippen LogP contribution < -0.4 is 15.4 Å². The molecule has 0 bridgehead atoms. The van der Waals surface area contributed by atoms with Crippen LogP contribution in [0.1, 0.15) is 15.9 Å². The molecular formula is C19H19N3O4S. The van der Waals surface area contributed by atoms with Crippen molar-refractivity contribution in [2.45, 2.75) is 11.4 Å². The van der Waals surface area contributed by atoms with Crippen LogP contribution in [-0.2, 0) is 21.4 Å². The molecular weight excluding hydrogens is 366 g/mol. The number of amides is 2. The standard InChI is InChI=1S/C19H19N3O4S/c1-2-11-22-27(25,26)17-10-6-9-16(12-17)19(24)21-14-18(23)20-13-15-7-4-3-5-8-15/h1,3-10,12,22H,11,13-14H2,(H,20,23)(H,21,24). The lowest BCUT2D eigenvalue weighted by atomic mass is 10.2. The van der Waals surface area contributed by atoms with Crippen molar-refractivity contribution in [1.29, 1.82) is 0 Å². The SMILES string of the molecule is C#CCNS(=O)(=O)c1cccc(C(=O)NCC(=O)NCc2ccccc2)c1. The quantitative estimate of drug-likeness (QED) is 0.580. The first-order valence-corrected chi connectivity index (χ1v) is 9.53. The van der Waals surface area contributed by atoms with Crippen LogP contribution in [0.3, 0.4) is 0 Å². The monoisotopic (exact) mass is 385 g/mol. The predicted molar refractivity (Wildman–Crippen MR) is 101 cm³/mol. The molecule has 2 rings (SSSR count). The van der Waals surface area contributed by atoms with E-state index >= 15 is 0 Å². The van der Waals surface area contributed by atoms with Crippen molar-refractivity contribution >= 4 is 21.8 Å². The Kier molecular flexibility index (Phi) is 7.11. The Balaban J connectivity index is 1.91. The van der Waals surface area contributed by atoms with Gasteiger partial charge in [-0.05, 0) is 23.8 Å². The highest BCUT2D eigenvalue weighted by molar-refractivity contribution is 7.89. The van der Waals surface area contributed by atoms with E-state index in [1.54, 1.807) is 0 Å². The van der Waals surface area contributed by atoms with Crippen molar-refractivity contribution in [2.75, 3.05) is 13.1 Å². The Bertz CT molecular complexity index is 950. The summed E-state index contributed by atoms with van der Waals surface area (Å²) in [7, 11) is -3.80. The molecule has 7 nitrogen and oxygen atoms in total. The molecule has 2 aromatic rings. The summed E-state index contributed by atoms with van der Waals surface area (Å²) >= 11 is 0. The summed E-state index contributed by atoms with van der Waals surface area (Å²) in [5.41, 5.74) is 1.06. The van der Waals surface area contributed by atoms with E-state index in [1.165, 1.54) is 24.3 Å². The number of carbonyl (C=O) groups excluding carboxylic acids is 2. The van der Waals surface area contributed by atoms with Crippen molar-refractivity contribution in [3.8, 4) is 12.3 Å². The summed E-state index contributed by atoms with van der Waals surface area (Å²) in [6, 6.07) is 14.8. The third kappa shape index (κ3) is 6.26. The van der Waals surface area contributed by atoms with Gasteiger partial charge in [0, 0.05) is 12.1 Å². The van der Waals surface area contributed by atoms with Gasteiger partial charge in [0.2, 0.25) is 15.9 Å². The van der Waals surface area contributed by atoms with E-state index in [1.807, 2.05) is 30.3 Å². The van der Waals surface area contributed by atoms with Crippen molar-refractivity contribution in [1.82, 2.24) is 15.4 Å². The van der Waals surface area contributed by atoms with Crippen LogP contribution in [0.5, 0.6) is 0 Å². The van der Waals surface area contributed by atoms with E-state index in [-0.39, 0.29) is 29.5 Å². The Morgan fingerprint density at radius 1 is 1.00 bits per heavy atom. The zero-order valence-corrected chi connectivity index (χ0v) is 15.3. The normalized spacial score (nSPS) is 10.6. The van der Waals surface area contributed by atoms with Gasteiger partial charge in [-0.2, -0.15) is 4.72 Å². The minimum absolute atomic E-state index is 0.0843. The lowest BCUT2D eigenvalue weighted by Gasteiger charge is -2.09. The summed E-state index contributed by atoms with van der Waals surface area (Å²) in [5, 5.41) is 5.14. The fraction of sp³-hybridized carbons (Fsp3) is 0.158. The zero-order chi connectivity index (χ0) is 19.7. The average Bonchev–Trinajstić information content (AvgIpc) is 2.69. The molecule has 0 heterocycles. The summed E-state index contributed by atoms with van der Waals surface area (Å²) in [6.45, 7) is -0.0253. The van der Waals surface area contributed by atoms with Gasteiger partial charge < -0.3 is 10.6 Å². The number of sulfonamides is 1. The molecule has 0 radical (unpaired) electrons. The first-order valence-electron chi connectivity index (χ1n) is 8.04. The largest absolute Gasteiger partial charge is 0.350 e. The maximum atomic E-state index is 12.2. The van der Waals surface area contributed by atoms with E-state index in [0.29, 0.717) is 6.54 Å². The molecule has 0 unspecified atom stereocenters. The Morgan fingerprint density at radius 2 is 1.74 bits per heavy atom. The van der Waals surface area contributed by atoms with E-state index in [4.69, 9.17) is 6.42 Å². The first kappa shape index (κ1) is 20.2. The molecule has 0 aromatic heterocycles. The van der Waals surface area contributed by atoms with Crippen LogP contribution in [-0.4, -0.2) is 33.3 Å². The van der Waals surface area contributed by atoms with Gasteiger partial charge >= 0.3 is 0 Å². The molecule has 0 aliphatic heterocycles. The number of hydrogen-bond acceptors (Lipinski definition) is 4. The second kappa shape index (κ2) is 9.52. The van der Waals surface area contributed by atoms with Gasteiger partial charge in [0.1, 0.15) is 0 Å². The van der Waals surface area contributed by atoms with Crippen LogP contribution in [0.15, 0.2) is 59.5 Å². The molecule has 2 amide bonds. The fourth-order valence-corrected chi connectivity index (χ4v) is 3.13. The molecule has 140 valence electrons. The Morgan fingerprint density at radius 3 is 2.44 bits per heavy atom. The van der Waals surface area contributed by atoms with Crippen LogP contribution in [0.2, 0.25) is 0 Å². The van der Waals surface area contributed by atoms with Gasteiger partial charge in [-0.3, -0.25) is 9.59 Å². The molecule has 0 spiro atoms. The molecule has 3 N–H and O–H groups in total. The zero-order valence-electron chi connectivity index (χ0n) is 14.4. The predicted octanol–water partition coefficient (Wildman–Crippen LogP) is 0.644. The molecule has 27 heavy (non-hydrogen) atoms. The van der Waals surface area contributed by atoms with Crippen molar-refractivity contribution < 1.29 is 18.0 Å². The molecule has 2 aromatic carbocycles. The third-order valence-corrected chi connectivity index (χ3v) is 4.91. The number of terminal acetylenes is 1. The van der Waals surface area contributed by atoms with Crippen LogP contribution in [0.25, 0.3) is 0 Å². The molecule has 8 heteroatoms. The van der Waals surface area contributed by atoms with Crippen LogP contribution in [0.4, 0.5) is 0 Å². The number of benzene rings is 2. The molecule has 0 aliphatic rings. The highest BCUT2D eigenvalue weighted by Crippen LogP contribution is 2.11. The minimum atomic E-state index is -3.80. The molecule has 0 aliphatic carbocycles. The molecule has 0 fully saturated rings. The Labute approximate surface area is 158 Å². The molecule has 0 saturated heterocycles. The maximum Gasteiger partial charge on any atom is 0.251 e. The Hall–Kier alpha value is -3.15. The summed E-state index contributed by atoms with van der Waals surface area (Å²) in [6.07, 6.45) is 5.04. The lowest BCUT2D eigenvalue weighted by molar-refractivity contribution is -0.120. The van der Waals surface area contributed by atoms with Gasteiger partial charge in [-0.25, -0.2) is 8.42 Å². The number of nitrogens with one attached hydrogen (secondary N) is 3. The van der Waals surface area contributed by atoms with Crippen molar-refractivity contribution in [2.24, 2.45) is 0 Å². The summed E-state index contributed by atoms with van der Waals surface area (Å²) < 4.78 is 26.3. The van der Waals surface area contributed by atoms with E-state index in [9.17, 15) is 18.0 Å². The first-order chi connectivity index (χ1) is 12.9.